The average molecular weight is 209 g/mol. The van der Waals surface area contributed by atoms with Crippen LogP contribution in [-0.4, -0.2) is 16.1 Å². The van der Waals surface area contributed by atoms with Gasteiger partial charge in [0, 0.05) is 6.07 Å². The number of halogens is 4. The molecule has 0 saturated carbocycles. The molecule has 0 aliphatic carbocycles. The Bertz CT molecular complexity index is 380. The quantitative estimate of drug-likeness (QED) is 0.598. The Morgan fingerprint density at radius 3 is 2.43 bits per heavy atom. The Balaban J connectivity index is 3.44. The van der Waals surface area contributed by atoms with Crippen molar-refractivity contribution in [3.05, 3.63) is 29.1 Å². The highest BCUT2D eigenvalue weighted by Gasteiger charge is 2.24. The van der Waals surface area contributed by atoms with E-state index in [0.29, 0.717) is 0 Å². The third kappa shape index (κ3) is 1.81. The van der Waals surface area contributed by atoms with Crippen LogP contribution >= 0.6 is 0 Å². The maximum absolute atomic E-state index is 12.6. The molecule has 0 aromatic carbocycles. The van der Waals surface area contributed by atoms with Crippen molar-refractivity contribution in [2.24, 2.45) is 0 Å². The van der Waals surface area contributed by atoms with Crippen LogP contribution in [0.2, 0.25) is 0 Å². The molecule has 7 heteroatoms. The second-order valence-electron chi connectivity index (χ2n) is 2.30. The van der Waals surface area contributed by atoms with Gasteiger partial charge in [-0.05, 0) is 0 Å². The van der Waals surface area contributed by atoms with Crippen molar-refractivity contribution in [3.8, 4) is 0 Å². The predicted molar refractivity (Wildman–Crippen MR) is 36.1 cm³/mol. The minimum atomic E-state index is -3.35. The number of carbonyl (C=O) groups is 1. The first-order chi connectivity index (χ1) is 6.43. The first-order valence-electron chi connectivity index (χ1n) is 3.31. The van der Waals surface area contributed by atoms with E-state index in [2.05, 4.69) is 4.98 Å². The number of carboxylic acids is 1. The zero-order valence-electron chi connectivity index (χ0n) is 6.47. The topological polar surface area (TPSA) is 50.2 Å². The standard InChI is InChI=1S/C7H3F4NO2/c8-3-1-2(7(13)14)4(5(9)10)6(11)12-3/h1,5H,(H,13,14). The molecule has 0 aliphatic rings. The fraction of sp³-hybridized carbons (Fsp3) is 0.143. The van der Waals surface area contributed by atoms with Crippen LogP contribution in [0, 0.1) is 11.9 Å². The Labute approximate surface area is 75.0 Å². The number of aromatic nitrogens is 1. The van der Waals surface area contributed by atoms with Crippen molar-refractivity contribution in [2.45, 2.75) is 6.43 Å². The van der Waals surface area contributed by atoms with Crippen molar-refractivity contribution in [3.63, 3.8) is 0 Å². The zero-order chi connectivity index (χ0) is 10.9. The molecule has 1 rings (SSSR count). The van der Waals surface area contributed by atoms with Gasteiger partial charge in [0.2, 0.25) is 11.9 Å². The molecule has 0 amide bonds. The molecule has 3 nitrogen and oxygen atoms in total. The monoisotopic (exact) mass is 209 g/mol. The molecule has 76 valence electrons. The number of carboxylic acid groups (broad SMARTS) is 1. The highest BCUT2D eigenvalue weighted by atomic mass is 19.3. The number of nitrogens with zero attached hydrogens (tertiary/aromatic N) is 1. The Morgan fingerprint density at radius 1 is 1.43 bits per heavy atom. The van der Waals surface area contributed by atoms with Gasteiger partial charge in [0.05, 0.1) is 11.1 Å². The van der Waals surface area contributed by atoms with Gasteiger partial charge in [0.25, 0.3) is 6.43 Å². The van der Waals surface area contributed by atoms with Gasteiger partial charge in [-0.2, -0.15) is 13.8 Å². The molecule has 1 aromatic rings. The third-order valence-corrected chi connectivity index (χ3v) is 1.43. The minimum absolute atomic E-state index is 0.243. The zero-order valence-corrected chi connectivity index (χ0v) is 6.47. The third-order valence-electron chi connectivity index (χ3n) is 1.43. The van der Waals surface area contributed by atoms with Crippen molar-refractivity contribution < 1.29 is 27.5 Å². The van der Waals surface area contributed by atoms with Gasteiger partial charge < -0.3 is 5.11 Å². The van der Waals surface area contributed by atoms with Crippen LogP contribution in [0.3, 0.4) is 0 Å². The van der Waals surface area contributed by atoms with Crippen LogP contribution in [0.1, 0.15) is 22.3 Å². The molecule has 0 saturated heterocycles. The number of hydrogen-bond donors (Lipinski definition) is 1. The lowest BCUT2D eigenvalue weighted by molar-refractivity contribution is 0.0680. The van der Waals surface area contributed by atoms with E-state index in [-0.39, 0.29) is 6.07 Å². The summed E-state index contributed by atoms with van der Waals surface area (Å²) >= 11 is 0. The summed E-state index contributed by atoms with van der Waals surface area (Å²) in [5.74, 6) is -5.10. The van der Waals surface area contributed by atoms with Gasteiger partial charge in [-0.3, -0.25) is 0 Å². The van der Waals surface area contributed by atoms with Crippen molar-refractivity contribution >= 4 is 5.97 Å². The van der Waals surface area contributed by atoms with Crippen molar-refractivity contribution in [1.29, 1.82) is 0 Å². The molecule has 0 bridgehead atoms. The van der Waals surface area contributed by atoms with Gasteiger partial charge in [0.1, 0.15) is 0 Å². The molecule has 1 N–H and O–H groups in total. The summed E-state index contributed by atoms with van der Waals surface area (Å²) < 4.78 is 49.2. The van der Waals surface area contributed by atoms with Gasteiger partial charge >= 0.3 is 5.97 Å². The van der Waals surface area contributed by atoms with E-state index in [9.17, 15) is 22.4 Å². The average Bonchev–Trinajstić information content (AvgIpc) is 2.01. The van der Waals surface area contributed by atoms with E-state index in [1.54, 1.807) is 0 Å². The minimum Gasteiger partial charge on any atom is -0.478 e. The van der Waals surface area contributed by atoms with E-state index in [1.807, 2.05) is 0 Å². The molecule has 0 atom stereocenters. The summed E-state index contributed by atoms with van der Waals surface area (Å²) in [4.78, 5) is 12.8. The molecule has 0 spiro atoms. The molecule has 0 unspecified atom stereocenters. The maximum atomic E-state index is 12.6. The Hall–Kier alpha value is -1.66. The molecule has 0 fully saturated rings. The van der Waals surface area contributed by atoms with E-state index in [1.165, 1.54) is 0 Å². The number of aromatic carboxylic acids is 1. The van der Waals surface area contributed by atoms with Crippen LogP contribution in [0.25, 0.3) is 0 Å². The normalized spacial score (nSPS) is 10.6. The summed E-state index contributed by atoms with van der Waals surface area (Å²) in [6, 6.07) is 0.243. The van der Waals surface area contributed by atoms with Crippen molar-refractivity contribution in [1.82, 2.24) is 4.98 Å². The van der Waals surface area contributed by atoms with Crippen LogP contribution in [0.15, 0.2) is 6.07 Å². The molecule has 0 aliphatic heterocycles. The predicted octanol–water partition coefficient (Wildman–Crippen LogP) is 2.00. The van der Waals surface area contributed by atoms with Crippen molar-refractivity contribution in [2.75, 3.05) is 0 Å². The van der Waals surface area contributed by atoms with E-state index in [4.69, 9.17) is 5.11 Å². The molecule has 14 heavy (non-hydrogen) atoms. The van der Waals surface area contributed by atoms with Gasteiger partial charge in [-0.15, -0.1) is 0 Å². The number of pyridine rings is 1. The van der Waals surface area contributed by atoms with E-state index < -0.39 is 35.4 Å². The van der Waals surface area contributed by atoms with Crippen LogP contribution < -0.4 is 0 Å². The van der Waals surface area contributed by atoms with Gasteiger partial charge in [-0.1, -0.05) is 0 Å². The first-order valence-corrected chi connectivity index (χ1v) is 3.31. The molecule has 0 radical (unpaired) electrons. The molecule has 1 aromatic heterocycles. The molecular weight excluding hydrogens is 206 g/mol. The summed E-state index contributed by atoms with van der Waals surface area (Å²) in [6.07, 6.45) is -3.35. The Morgan fingerprint density at radius 2 is 2.00 bits per heavy atom. The van der Waals surface area contributed by atoms with Crippen LogP contribution in [0.5, 0.6) is 0 Å². The molecule has 1 heterocycles. The summed E-state index contributed by atoms with van der Waals surface area (Å²) in [5.41, 5.74) is -2.52. The van der Waals surface area contributed by atoms with E-state index >= 15 is 0 Å². The van der Waals surface area contributed by atoms with Crippen LogP contribution in [0.4, 0.5) is 17.6 Å². The highest BCUT2D eigenvalue weighted by molar-refractivity contribution is 5.89. The summed E-state index contributed by atoms with van der Waals surface area (Å²) in [5, 5.41) is 8.37. The lowest BCUT2D eigenvalue weighted by Gasteiger charge is -2.04. The number of alkyl halides is 2. The second-order valence-corrected chi connectivity index (χ2v) is 2.30. The Kier molecular flexibility index (Phi) is 2.68. The SMILES string of the molecule is O=C(O)c1cc(F)nc(F)c1C(F)F. The summed E-state index contributed by atoms with van der Waals surface area (Å²) in [7, 11) is 0. The largest absolute Gasteiger partial charge is 0.478 e. The van der Waals surface area contributed by atoms with Gasteiger partial charge in [-0.25, -0.2) is 13.6 Å². The van der Waals surface area contributed by atoms with Gasteiger partial charge in [0.15, 0.2) is 0 Å². The maximum Gasteiger partial charge on any atom is 0.336 e. The number of hydrogen-bond acceptors (Lipinski definition) is 2. The van der Waals surface area contributed by atoms with E-state index in [0.717, 1.165) is 0 Å². The lowest BCUT2D eigenvalue weighted by Crippen LogP contribution is -2.08. The lowest BCUT2D eigenvalue weighted by atomic mass is 10.1. The fourth-order valence-electron chi connectivity index (χ4n) is 0.879. The number of rotatable bonds is 2. The second kappa shape index (κ2) is 3.60. The molecular formula is C7H3F4NO2. The fourth-order valence-corrected chi connectivity index (χ4v) is 0.879. The first kappa shape index (κ1) is 10.4. The highest BCUT2D eigenvalue weighted by Crippen LogP contribution is 2.25. The smallest absolute Gasteiger partial charge is 0.336 e. The van der Waals surface area contributed by atoms with Crippen LogP contribution in [-0.2, 0) is 0 Å². The summed E-state index contributed by atoms with van der Waals surface area (Å²) in [6.45, 7) is 0.